The van der Waals surface area contributed by atoms with Gasteiger partial charge in [0.15, 0.2) is 0 Å². The van der Waals surface area contributed by atoms with Crippen molar-refractivity contribution in [3.8, 4) is 0 Å². The van der Waals surface area contributed by atoms with Crippen molar-refractivity contribution >= 4 is 17.7 Å². The summed E-state index contributed by atoms with van der Waals surface area (Å²) in [5.74, 6) is -0.416. The summed E-state index contributed by atoms with van der Waals surface area (Å²) in [6, 6.07) is 7.72. The molecule has 1 aromatic carbocycles. The summed E-state index contributed by atoms with van der Waals surface area (Å²) >= 11 is 0. The molecule has 6 nitrogen and oxygen atoms in total. The van der Waals surface area contributed by atoms with E-state index in [1.165, 1.54) is 5.56 Å². The summed E-state index contributed by atoms with van der Waals surface area (Å²) in [4.78, 5) is 42.6. The Morgan fingerprint density at radius 2 is 1.88 bits per heavy atom. The SMILES string of the molecule is Cc1ccc(CN2CC(C(=O)N3CCCC3C(=O)N(C)C)CC2=O)cc1. The fraction of sp³-hybridized carbons (Fsp3) is 0.550. The van der Waals surface area contributed by atoms with Crippen molar-refractivity contribution in [2.45, 2.75) is 38.8 Å². The molecule has 0 aliphatic carbocycles. The van der Waals surface area contributed by atoms with Gasteiger partial charge >= 0.3 is 0 Å². The first kappa shape index (κ1) is 18.4. The van der Waals surface area contributed by atoms with Gasteiger partial charge in [0.25, 0.3) is 0 Å². The molecular formula is C20H27N3O3. The molecular weight excluding hydrogens is 330 g/mol. The van der Waals surface area contributed by atoms with Crippen LogP contribution in [0.4, 0.5) is 0 Å². The van der Waals surface area contributed by atoms with E-state index in [0.29, 0.717) is 26.1 Å². The Morgan fingerprint density at radius 1 is 1.19 bits per heavy atom. The Hall–Kier alpha value is -2.37. The molecule has 1 aromatic rings. The van der Waals surface area contributed by atoms with Crippen molar-refractivity contribution < 1.29 is 14.4 Å². The zero-order chi connectivity index (χ0) is 18.8. The average molecular weight is 357 g/mol. The maximum absolute atomic E-state index is 12.9. The molecule has 0 spiro atoms. The Bertz CT molecular complexity index is 699. The third-order valence-corrected chi connectivity index (χ3v) is 5.32. The Kier molecular flexibility index (Phi) is 5.30. The summed E-state index contributed by atoms with van der Waals surface area (Å²) in [7, 11) is 3.43. The number of hydrogen-bond acceptors (Lipinski definition) is 3. The molecule has 0 aromatic heterocycles. The van der Waals surface area contributed by atoms with Gasteiger partial charge in [0.05, 0.1) is 5.92 Å². The van der Waals surface area contributed by atoms with Gasteiger partial charge in [-0.3, -0.25) is 14.4 Å². The number of carbonyl (C=O) groups is 3. The van der Waals surface area contributed by atoms with Gasteiger partial charge < -0.3 is 14.7 Å². The van der Waals surface area contributed by atoms with Crippen molar-refractivity contribution in [2.24, 2.45) is 5.92 Å². The van der Waals surface area contributed by atoms with Crippen LogP contribution in [0.25, 0.3) is 0 Å². The minimum atomic E-state index is -0.376. The number of nitrogens with zero attached hydrogens (tertiary/aromatic N) is 3. The second-order valence-electron chi connectivity index (χ2n) is 7.58. The lowest BCUT2D eigenvalue weighted by atomic mass is 10.1. The molecule has 0 bridgehead atoms. The topological polar surface area (TPSA) is 60.9 Å². The van der Waals surface area contributed by atoms with Crippen molar-refractivity contribution in [1.29, 1.82) is 0 Å². The molecule has 0 N–H and O–H groups in total. The maximum atomic E-state index is 12.9. The van der Waals surface area contributed by atoms with Gasteiger partial charge in [0.1, 0.15) is 6.04 Å². The number of likely N-dealkylation sites (tertiary alicyclic amines) is 2. The van der Waals surface area contributed by atoms with Crippen LogP contribution in [0, 0.1) is 12.8 Å². The molecule has 2 aliphatic rings. The van der Waals surface area contributed by atoms with Crippen LogP contribution in [0.3, 0.4) is 0 Å². The summed E-state index contributed by atoms with van der Waals surface area (Å²) < 4.78 is 0. The predicted octanol–water partition coefficient (Wildman–Crippen LogP) is 1.42. The van der Waals surface area contributed by atoms with Gasteiger partial charge in [-0.05, 0) is 25.3 Å². The van der Waals surface area contributed by atoms with E-state index in [0.717, 1.165) is 12.0 Å². The van der Waals surface area contributed by atoms with Crippen LogP contribution in [0.2, 0.25) is 0 Å². The summed E-state index contributed by atoms with van der Waals surface area (Å²) in [6.45, 7) is 3.60. The highest BCUT2D eigenvalue weighted by Crippen LogP contribution is 2.27. The molecule has 26 heavy (non-hydrogen) atoms. The monoisotopic (exact) mass is 357 g/mol. The van der Waals surface area contributed by atoms with E-state index in [2.05, 4.69) is 0 Å². The molecule has 0 radical (unpaired) electrons. The highest BCUT2D eigenvalue weighted by atomic mass is 16.2. The number of benzene rings is 1. The highest BCUT2D eigenvalue weighted by Gasteiger charge is 2.42. The largest absolute Gasteiger partial charge is 0.347 e. The van der Waals surface area contributed by atoms with Crippen LogP contribution in [0.5, 0.6) is 0 Å². The number of carbonyl (C=O) groups excluding carboxylic acids is 3. The van der Waals surface area contributed by atoms with Gasteiger partial charge in [-0.15, -0.1) is 0 Å². The summed E-state index contributed by atoms with van der Waals surface area (Å²) in [5.41, 5.74) is 2.25. The minimum absolute atomic E-state index is 0.0126. The zero-order valence-corrected chi connectivity index (χ0v) is 15.8. The van der Waals surface area contributed by atoms with Gasteiger partial charge in [-0.1, -0.05) is 29.8 Å². The normalized spacial score (nSPS) is 22.8. The van der Waals surface area contributed by atoms with Crippen LogP contribution in [0.1, 0.15) is 30.4 Å². The molecule has 2 heterocycles. The quantitative estimate of drug-likeness (QED) is 0.819. The predicted molar refractivity (Wildman–Crippen MR) is 98.1 cm³/mol. The molecule has 140 valence electrons. The van der Waals surface area contributed by atoms with E-state index in [-0.39, 0.29) is 36.1 Å². The second kappa shape index (κ2) is 7.48. The first-order valence-electron chi connectivity index (χ1n) is 9.22. The average Bonchev–Trinajstić information content (AvgIpc) is 3.23. The molecule has 2 saturated heterocycles. The second-order valence-corrected chi connectivity index (χ2v) is 7.58. The summed E-state index contributed by atoms with van der Waals surface area (Å²) in [6.07, 6.45) is 1.78. The van der Waals surface area contributed by atoms with E-state index >= 15 is 0 Å². The van der Waals surface area contributed by atoms with E-state index < -0.39 is 0 Å². The lowest BCUT2D eigenvalue weighted by molar-refractivity contribution is -0.144. The fourth-order valence-electron chi connectivity index (χ4n) is 3.82. The zero-order valence-electron chi connectivity index (χ0n) is 15.8. The molecule has 2 atom stereocenters. The lowest BCUT2D eigenvalue weighted by Crippen LogP contribution is -2.47. The Morgan fingerprint density at radius 3 is 2.54 bits per heavy atom. The van der Waals surface area contributed by atoms with Crippen LogP contribution < -0.4 is 0 Å². The minimum Gasteiger partial charge on any atom is -0.347 e. The number of aryl methyl sites for hydroxylation is 1. The third-order valence-electron chi connectivity index (χ3n) is 5.32. The molecule has 6 heteroatoms. The Balaban J connectivity index is 1.65. The molecule has 3 amide bonds. The number of hydrogen-bond donors (Lipinski definition) is 0. The van der Waals surface area contributed by atoms with Crippen molar-refractivity contribution in [1.82, 2.24) is 14.7 Å². The lowest BCUT2D eigenvalue weighted by Gasteiger charge is -2.28. The molecule has 2 fully saturated rings. The van der Waals surface area contributed by atoms with Crippen molar-refractivity contribution in [3.63, 3.8) is 0 Å². The van der Waals surface area contributed by atoms with E-state index in [9.17, 15) is 14.4 Å². The third kappa shape index (κ3) is 3.74. The molecule has 2 unspecified atom stereocenters. The number of likely N-dealkylation sites (N-methyl/N-ethyl adjacent to an activating group) is 1. The van der Waals surface area contributed by atoms with Gasteiger partial charge in [-0.25, -0.2) is 0 Å². The van der Waals surface area contributed by atoms with Gasteiger partial charge in [0.2, 0.25) is 17.7 Å². The van der Waals surface area contributed by atoms with Crippen LogP contribution in [0.15, 0.2) is 24.3 Å². The van der Waals surface area contributed by atoms with Crippen molar-refractivity contribution in [3.05, 3.63) is 35.4 Å². The van der Waals surface area contributed by atoms with E-state index in [1.54, 1.807) is 28.8 Å². The first-order valence-corrected chi connectivity index (χ1v) is 9.22. The number of rotatable bonds is 4. The maximum Gasteiger partial charge on any atom is 0.244 e. The van der Waals surface area contributed by atoms with Gasteiger partial charge in [0, 0.05) is 40.2 Å². The van der Waals surface area contributed by atoms with Crippen LogP contribution in [-0.4, -0.2) is 65.6 Å². The smallest absolute Gasteiger partial charge is 0.244 e. The fourth-order valence-corrected chi connectivity index (χ4v) is 3.82. The molecule has 0 saturated carbocycles. The molecule has 2 aliphatic heterocycles. The van der Waals surface area contributed by atoms with E-state index in [1.807, 2.05) is 31.2 Å². The van der Waals surface area contributed by atoms with E-state index in [4.69, 9.17) is 0 Å². The standard InChI is InChI=1S/C20H27N3O3/c1-14-6-8-15(9-7-14)12-22-13-16(11-18(22)24)19(25)23-10-4-5-17(23)20(26)21(2)3/h6-9,16-17H,4-5,10-13H2,1-3H3. The Labute approximate surface area is 154 Å². The summed E-state index contributed by atoms with van der Waals surface area (Å²) in [5, 5.41) is 0. The van der Waals surface area contributed by atoms with Gasteiger partial charge in [-0.2, -0.15) is 0 Å². The van der Waals surface area contributed by atoms with Crippen LogP contribution >= 0.6 is 0 Å². The molecule has 3 rings (SSSR count). The number of amides is 3. The first-order chi connectivity index (χ1) is 12.4. The van der Waals surface area contributed by atoms with Crippen LogP contribution in [-0.2, 0) is 20.9 Å². The van der Waals surface area contributed by atoms with Crippen molar-refractivity contribution in [2.75, 3.05) is 27.2 Å². The highest BCUT2D eigenvalue weighted by molar-refractivity contribution is 5.93.